The summed E-state index contributed by atoms with van der Waals surface area (Å²) in [6.45, 7) is 4.25. The summed E-state index contributed by atoms with van der Waals surface area (Å²) < 4.78 is 5.53. The van der Waals surface area contributed by atoms with Gasteiger partial charge in [-0.2, -0.15) is 0 Å². The number of rotatable bonds is 0. The van der Waals surface area contributed by atoms with Crippen LogP contribution >= 0.6 is 12.4 Å². The van der Waals surface area contributed by atoms with E-state index in [1.165, 1.54) is 22.4 Å². The number of hydrogen-bond donors (Lipinski definition) is 0. The fraction of sp³-hybridized carbons (Fsp3) is 0.350. The Labute approximate surface area is 154 Å². The van der Waals surface area contributed by atoms with E-state index in [9.17, 15) is 0 Å². The molecule has 0 saturated carbocycles. The number of ether oxygens (including phenoxy) is 1. The zero-order valence-electron chi connectivity index (χ0n) is 14.1. The Balaban J connectivity index is 0.00000157. The topological polar surface area (TPSA) is 28.1 Å². The van der Waals surface area contributed by atoms with Gasteiger partial charge in [0, 0.05) is 18.8 Å². The van der Waals surface area contributed by atoms with E-state index < -0.39 is 0 Å². The highest BCUT2D eigenvalue weighted by Crippen LogP contribution is 2.40. The third-order valence-electron chi connectivity index (χ3n) is 5.27. The summed E-state index contributed by atoms with van der Waals surface area (Å²) in [7, 11) is 0. The normalized spacial score (nSPS) is 21.4. The Bertz CT molecular complexity index is 801. The van der Waals surface area contributed by atoms with Crippen LogP contribution in [0.25, 0.3) is 0 Å². The van der Waals surface area contributed by atoms with E-state index in [1.54, 1.807) is 0 Å². The monoisotopic (exact) mass is 355 g/mol. The van der Waals surface area contributed by atoms with Crippen molar-refractivity contribution in [3.63, 3.8) is 0 Å². The maximum absolute atomic E-state index is 5.53. The summed E-state index contributed by atoms with van der Waals surface area (Å²) in [5.41, 5.74) is 5.54. The fourth-order valence-electron chi connectivity index (χ4n) is 4.11. The molecule has 0 spiro atoms. The molecule has 0 radical (unpaired) electrons. The number of nitrogens with zero attached hydrogens (tertiary/aromatic N) is 3. The van der Waals surface area contributed by atoms with Crippen molar-refractivity contribution in [1.82, 2.24) is 4.90 Å². The van der Waals surface area contributed by atoms with E-state index in [0.717, 1.165) is 45.2 Å². The summed E-state index contributed by atoms with van der Waals surface area (Å²) >= 11 is 0. The molecule has 2 aromatic carbocycles. The highest BCUT2D eigenvalue weighted by Gasteiger charge is 2.37. The zero-order chi connectivity index (χ0) is 15.9. The maximum atomic E-state index is 5.53. The van der Waals surface area contributed by atoms with E-state index in [0.29, 0.717) is 6.04 Å². The van der Waals surface area contributed by atoms with Crippen LogP contribution in [0.1, 0.15) is 22.7 Å². The first-order valence-electron chi connectivity index (χ1n) is 8.74. The second-order valence-electron chi connectivity index (χ2n) is 6.63. The first kappa shape index (κ1) is 16.4. The second-order valence-corrected chi connectivity index (χ2v) is 6.63. The zero-order valence-corrected chi connectivity index (χ0v) is 14.9. The third-order valence-corrected chi connectivity index (χ3v) is 5.27. The molecule has 5 rings (SSSR count). The molecule has 4 nitrogen and oxygen atoms in total. The van der Waals surface area contributed by atoms with Crippen molar-refractivity contribution in [3.8, 4) is 0 Å². The summed E-state index contributed by atoms with van der Waals surface area (Å²) in [6, 6.07) is 17.9. The minimum atomic E-state index is 0. The standard InChI is InChI=1S/C20H21N3O.ClH/c1-3-7-17-15(5-1)13-16-6-2-4-8-18(16)23-19(17)14-21-20(23)22-9-11-24-12-10-22;/h1-8,19H,9-14H2;1H. The predicted molar refractivity (Wildman–Crippen MR) is 103 cm³/mol. The number of para-hydroxylation sites is 1. The van der Waals surface area contributed by atoms with E-state index >= 15 is 0 Å². The lowest BCUT2D eigenvalue weighted by Crippen LogP contribution is -2.48. The maximum Gasteiger partial charge on any atom is 0.202 e. The average molecular weight is 356 g/mol. The summed E-state index contributed by atoms with van der Waals surface area (Å²) in [5.74, 6) is 1.12. The summed E-state index contributed by atoms with van der Waals surface area (Å²) in [6.07, 6.45) is 0.996. The van der Waals surface area contributed by atoms with Crippen molar-refractivity contribution in [3.05, 3.63) is 65.2 Å². The van der Waals surface area contributed by atoms with Crippen LogP contribution in [-0.4, -0.2) is 43.7 Å². The van der Waals surface area contributed by atoms with Crippen LogP contribution in [0.5, 0.6) is 0 Å². The quantitative estimate of drug-likeness (QED) is 0.726. The highest BCUT2D eigenvalue weighted by molar-refractivity contribution is 5.99. The number of fused-ring (bicyclic) bond motifs is 5. The molecule has 3 heterocycles. The molecule has 25 heavy (non-hydrogen) atoms. The third kappa shape index (κ3) is 2.70. The van der Waals surface area contributed by atoms with Crippen molar-refractivity contribution < 1.29 is 4.74 Å². The van der Waals surface area contributed by atoms with Gasteiger partial charge < -0.3 is 14.5 Å². The first-order chi connectivity index (χ1) is 11.9. The smallest absolute Gasteiger partial charge is 0.202 e. The van der Waals surface area contributed by atoms with Gasteiger partial charge in [0.1, 0.15) is 0 Å². The van der Waals surface area contributed by atoms with Crippen molar-refractivity contribution in [1.29, 1.82) is 0 Å². The molecule has 0 bridgehead atoms. The fourth-order valence-corrected chi connectivity index (χ4v) is 4.11. The van der Waals surface area contributed by atoms with E-state index in [4.69, 9.17) is 9.73 Å². The van der Waals surface area contributed by atoms with Crippen LogP contribution in [0, 0.1) is 0 Å². The van der Waals surface area contributed by atoms with Crippen LogP contribution in [0.15, 0.2) is 53.5 Å². The summed E-state index contributed by atoms with van der Waals surface area (Å²) in [4.78, 5) is 9.80. The minimum Gasteiger partial charge on any atom is -0.378 e. The van der Waals surface area contributed by atoms with Gasteiger partial charge in [-0.1, -0.05) is 42.5 Å². The van der Waals surface area contributed by atoms with Gasteiger partial charge in [-0.15, -0.1) is 12.4 Å². The van der Waals surface area contributed by atoms with Gasteiger partial charge in [-0.05, 0) is 29.2 Å². The van der Waals surface area contributed by atoms with Crippen molar-refractivity contribution in [2.75, 3.05) is 37.7 Å². The van der Waals surface area contributed by atoms with Gasteiger partial charge in [0.25, 0.3) is 0 Å². The molecule has 0 aliphatic carbocycles. The molecular formula is C20H22ClN3O. The number of hydrogen-bond acceptors (Lipinski definition) is 4. The van der Waals surface area contributed by atoms with Crippen molar-refractivity contribution >= 4 is 24.1 Å². The van der Waals surface area contributed by atoms with E-state index in [1.807, 2.05) is 0 Å². The Morgan fingerprint density at radius 1 is 0.920 bits per heavy atom. The van der Waals surface area contributed by atoms with Gasteiger partial charge in [0.05, 0.1) is 25.8 Å². The Morgan fingerprint density at radius 2 is 1.64 bits per heavy atom. The van der Waals surface area contributed by atoms with Crippen LogP contribution in [0.4, 0.5) is 5.69 Å². The predicted octanol–water partition coefficient (Wildman–Crippen LogP) is 3.26. The van der Waals surface area contributed by atoms with Crippen LogP contribution in [0.3, 0.4) is 0 Å². The number of anilines is 1. The molecule has 0 N–H and O–H groups in total. The number of halogens is 1. The lowest BCUT2D eigenvalue weighted by atomic mass is 9.97. The average Bonchev–Trinajstić information content (AvgIpc) is 3.02. The molecule has 5 heteroatoms. The number of morpholine rings is 1. The van der Waals surface area contributed by atoms with Crippen LogP contribution < -0.4 is 4.90 Å². The molecule has 1 unspecified atom stereocenters. The lowest BCUT2D eigenvalue weighted by molar-refractivity contribution is 0.0675. The van der Waals surface area contributed by atoms with Gasteiger partial charge in [0.2, 0.25) is 5.96 Å². The molecular weight excluding hydrogens is 334 g/mol. The number of guanidine groups is 1. The Hall–Kier alpha value is -2.04. The molecule has 130 valence electrons. The minimum absolute atomic E-state index is 0. The van der Waals surface area contributed by atoms with Gasteiger partial charge >= 0.3 is 0 Å². The lowest BCUT2D eigenvalue weighted by Gasteiger charge is -2.36. The molecule has 3 aliphatic heterocycles. The van der Waals surface area contributed by atoms with Gasteiger partial charge in [-0.3, -0.25) is 4.99 Å². The largest absolute Gasteiger partial charge is 0.378 e. The molecule has 1 atom stereocenters. The molecule has 3 aliphatic rings. The van der Waals surface area contributed by atoms with Crippen LogP contribution in [-0.2, 0) is 11.2 Å². The van der Waals surface area contributed by atoms with E-state index in [2.05, 4.69) is 58.3 Å². The molecule has 1 saturated heterocycles. The molecule has 0 aromatic heterocycles. The van der Waals surface area contributed by atoms with Crippen molar-refractivity contribution in [2.24, 2.45) is 4.99 Å². The molecule has 1 fully saturated rings. The van der Waals surface area contributed by atoms with Gasteiger partial charge in [0.15, 0.2) is 0 Å². The number of benzene rings is 2. The van der Waals surface area contributed by atoms with Gasteiger partial charge in [-0.25, -0.2) is 0 Å². The van der Waals surface area contributed by atoms with E-state index in [-0.39, 0.29) is 12.4 Å². The summed E-state index contributed by atoms with van der Waals surface area (Å²) in [5, 5.41) is 0. The van der Waals surface area contributed by atoms with Crippen molar-refractivity contribution in [2.45, 2.75) is 12.5 Å². The second kappa shape index (κ2) is 6.70. The SMILES string of the molecule is Cl.c1ccc2c(c1)Cc1ccccc1N1C(N3CCOCC3)=NCC21. The highest BCUT2D eigenvalue weighted by atomic mass is 35.5. The van der Waals surface area contributed by atoms with Crippen LogP contribution in [0.2, 0.25) is 0 Å². The molecule has 0 amide bonds. The Morgan fingerprint density at radius 3 is 2.48 bits per heavy atom. The number of aliphatic imine (C=N–C) groups is 1. The first-order valence-corrected chi connectivity index (χ1v) is 8.74. The Kier molecular flexibility index (Phi) is 4.40. The molecule has 2 aromatic rings.